The second-order valence-electron chi connectivity index (χ2n) is 8.88. The van der Waals surface area contributed by atoms with Crippen LogP contribution in [0.2, 0.25) is 0 Å². The molecule has 1 amide bonds. The minimum absolute atomic E-state index is 0.0151. The van der Waals surface area contributed by atoms with Crippen molar-refractivity contribution in [2.24, 2.45) is 0 Å². The van der Waals surface area contributed by atoms with E-state index >= 15 is 0 Å². The highest BCUT2D eigenvalue weighted by Crippen LogP contribution is 2.44. The van der Waals surface area contributed by atoms with E-state index in [2.05, 4.69) is 11.9 Å². The van der Waals surface area contributed by atoms with Gasteiger partial charge in [-0.15, -0.1) is 0 Å². The third-order valence-electron chi connectivity index (χ3n) is 6.54. The van der Waals surface area contributed by atoms with Gasteiger partial charge < -0.3 is 9.52 Å². The van der Waals surface area contributed by atoms with Gasteiger partial charge in [-0.25, -0.2) is 4.98 Å². The summed E-state index contributed by atoms with van der Waals surface area (Å²) in [6.45, 7) is 4.06. The average Bonchev–Trinajstić information content (AvgIpc) is 3.57. The molecule has 0 fully saturated rings. The summed E-state index contributed by atoms with van der Waals surface area (Å²) in [7, 11) is 0. The third-order valence-corrected chi connectivity index (χ3v) is 7.56. The number of hydrogen-bond donors (Lipinski definition) is 1. The fourth-order valence-corrected chi connectivity index (χ4v) is 5.73. The van der Waals surface area contributed by atoms with Crippen molar-refractivity contribution in [2.45, 2.75) is 26.3 Å². The SMILES string of the molecule is CCc1ccc(C2C(C(=O)c3cc4ccccc4o3)=C(O)C(=O)N2c2nc3ccc(C)cc3s2)cc1. The second kappa shape index (κ2) is 8.46. The smallest absolute Gasteiger partial charge is 0.296 e. The number of para-hydroxylation sites is 1. The lowest BCUT2D eigenvalue weighted by Gasteiger charge is -2.24. The van der Waals surface area contributed by atoms with Gasteiger partial charge in [0.2, 0.25) is 5.78 Å². The molecule has 6 rings (SSSR count). The molecule has 6 nitrogen and oxygen atoms in total. The zero-order valence-electron chi connectivity index (χ0n) is 19.7. The molecule has 0 aliphatic carbocycles. The highest BCUT2D eigenvalue weighted by molar-refractivity contribution is 7.22. The van der Waals surface area contributed by atoms with Gasteiger partial charge in [-0.3, -0.25) is 14.5 Å². The summed E-state index contributed by atoms with van der Waals surface area (Å²) in [5.41, 5.74) is 4.22. The quantitative estimate of drug-likeness (QED) is 0.275. The van der Waals surface area contributed by atoms with E-state index in [0.29, 0.717) is 16.3 Å². The number of hydrogen-bond acceptors (Lipinski definition) is 6. The molecule has 178 valence electrons. The molecule has 0 radical (unpaired) electrons. The van der Waals surface area contributed by atoms with Crippen LogP contribution in [0.4, 0.5) is 5.13 Å². The topological polar surface area (TPSA) is 83.6 Å². The number of ketones is 1. The van der Waals surface area contributed by atoms with Crippen LogP contribution in [0.5, 0.6) is 0 Å². The summed E-state index contributed by atoms with van der Waals surface area (Å²) < 4.78 is 6.74. The van der Waals surface area contributed by atoms with Gasteiger partial charge in [0.1, 0.15) is 5.58 Å². The lowest BCUT2D eigenvalue weighted by atomic mass is 9.94. The van der Waals surface area contributed by atoms with Crippen molar-refractivity contribution in [3.63, 3.8) is 0 Å². The van der Waals surface area contributed by atoms with Crippen molar-refractivity contribution in [3.8, 4) is 0 Å². The summed E-state index contributed by atoms with van der Waals surface area (Å²) >= 11 is 1.36. The number of aliphatic hydroxyl groups is 1. The Kier molecular flexibility index (Phi) is 5.23. The number of anilines is 1. The first-order valence-corrected chi connectivity index (χ1v) is 12.5. The number of furan rings is 1. The van der Waals surface area contributed by atoms with Gasteiger partial charge in [-0.2, -0.15) is 0 Å². The third kappa shape index (κ3) is 3.51. The molecule has 1 aliphatic rings. The minimum Gasteiger partial charge on any atom is -0.503 e. The molecule has 0 saturated carbocycles. The fraction of sp³-hybridized carbons (Fsp3) is 0.138. The van der Waals surface area contributed by atoms with Crippen LogP contribution in [0.3, 0.4) is 0 Å². The number of carbonyl (C=O) groups is 2. The van der Waals surface area contributed by atoms with E-state index in [9.17, 15) is 14.7 Å². The van der Waals surface area contributed by atoms with Crippen LogP contribution in [-0.2, 0) is 11.2 Å². The van der Waals surface area contributed by atoms with Crippen molar-refractivity contribution in [1.29, 1.82) is 0 Å². The first-order chi connectivity index (χ1) is 17.4. The molecule has 0 saturated heterocycles. The minimum atomic E-state index is -0.842. The maximum absolute atomic E-state index is 13.8. The first-order valence-electron chi connectivity index (χ1n) is 11.7. The number of Topliss-reactive ketones (excluding diaryl/α,β-unsaturated/α-hetero) is 1. The molecule has 1 atom stereocenters. The van der Waals surface area contributed by atoms with Crippen molar-refractivity contribution in [2.75, 3.05) is 4.90 Å². The molecule has 2 aromatic heterocycles. The summed E-state index contributed by atoms with van der Waals surface area (Å²) in [4.78, 5) is 33.3. The number of carbonyl (C=O) groups excluding carboxylic acids is 2. The van der Waals surface area contributed by atoms with Gasteiger partial charge >= 0.3 is 0 Å². The Labute approximate surface area is 211 Å². The molecule has 3 heterocycles. The molecule has 0 bridgehead atoms. The standard InChI is InChI=1S/C29H22N2O4S/c1-3-17-9-11-18(12-10-17)25-24(26(32)22-15-19-6-4-5-7-21(19)35-22)27(33)28(34)31(25)29-30-20-13-8-16(2)14-23(20)36-29/h4-15,25,33H,3H2,1-2H3. The van der Waals surface area contributed by atoms with Crippen molar-refractivity contribution < 1.29 is 19.1 Å². The summed E-state index contributed by atoms with van der Waals surface area (Å²) in [6.07, 6.45) is 0.858. The van der Waals surface area contributed by atoms with Crippen LogP contribution >= 0.6 is 11.3 Å². The van der Waals surface area contributed by atoms with Gasteiger partial charge in [0.25, 0.3) is 5.91 Å². The van der Waals surface area contributed by atoms with Crippen LogP contribution in [0.25, 0.3) is 21.2 Å². The molecule has 1 unspecified atom stereocenters. The molecule has 5 aromatic rings. The largest absolute Gasteiger partial charge is 0.503 e. The molecular weight excluding hydrogens is 472 g/mol. The molecule has 0 spiro atoms. The maximum atomic E-state index is 13.8. The maximum Gasteiger partial charge on any atom is 0.296 e. The van der Waals surface area contributed by atoms with E-state index < -0.39 is 23.5 Å². The van der Waals surface area contributed by atoms with Crippen LogP contribution in [0, 0.1) is 6.92 Å². The fourth-order valence-electron chi connectivity index (χ4n) is 4.63. The van der Waals surface area contributed by atoms with Gasteiger partial charge in [0.05, 0.1) is 21.8 Å². The van der Waals surface area contributed by atoms with E-state index in [1.54, 1.807) is 12.1 Å². The molecule has 3 aromatic carbocycles. The Morgan fingerprint density at radius 3 is 2.61 bits per heavy atom. The number of rotatable bonds is 5. The second-order valence-corrected chi connectivity index (χ2v) is 9.89. The monoisotopic (exact) mass is 494 g/mol. The van der Waals surface area contributed by atoms with E-state index in [-0.39, 0.29) is 11.3 Å². The lowest BCUT2D eigenvalue weighted by molar-refractivity contribution is -0.117. The zero-order valence-corrected chi connectivity index (χ0v) is 20.5. The molecule has 7 heteroatoms. The Balaban J connectivity index is 1.51. The highest BCUT2D eigenvalue weighted by Gasteiger charge is 2.46. The number of thiazole rings is 1. The van der Waals surface area contributed by atoms with E-state index in [4.69, 9.17) is 4.42 Å². The summed E-state index contributed by atoms with van der Waals surface area (Å²) in [5.74, 6) is -1.70. The lowest BCUT2D eigenvalue weighted by Crippen LogP contribution is -2.31. The molecular formula is C29H22N2O4S. The van der Waals surface area contributed by atoms with Crippen LogP contribution < -0.4 is 4.90 Å². The van der Waals surface area contributed by atoms with E-state index in [1.165, 1.54) is 16.2 Å². The number of aliphatic hydroxyl groups excluding tert-OH is 1. The predicted octanol–water partition coefficient (Wildman–Crippen LogP) is 6.70. The predicted molar refractivity (Wildman–Crippen MR) is 141 cm³/mol. The van der Waals surface area contributed by atoms with Crippen LogP contribution in [0.1, 0.15) is 40.2 Å². The van der Waals surface area contributed by atoms with Crippen molar-refractivity contribution >= 4 is 49.3 Å². The Hall–Kier alpha value is -4.23. The molecule has 1 aliphatic heterocycles. The van der Waals surface area contributed by atoms with Crippen molar-refractivity contribution in [1.82, 2.24) is 4.98 Å². The molecule has 36 heavy (non-hydrogen) atoms. The number of nitrogens with zero attached hydrogens (tertiary/aromatic N) is 2. The van der Waals surface area contributed by atoms with Crippen LogP contribution in [0.15, 0.2) is 88.5 Å². The normalized spacial score (nSPS) is 16.0. The summed E-state index contributed by atoms with van der Waals surface area (Å²) in [5, 5.41) is 12.2. The van der Waals surface area contributed by atoms with Gasteiger partial charge in [0.15, 0.2) is 16.7 Å². The van der Waals surface area contributed by atoms with E-state index in [0.717, 1.165) is 33.2 Å². The van der Waals surface area contributed by atoms with Crippen LogP contribution in [-0.4, -0.2) is 21.8 Å². The summed E-state index contributed by atoms with van der Waals surface area (Å²) in [6, 6.07) is 21.7. The van der Waals surface area contributed by atoms with Crippen molar-refractivity contribution in [3.05, 3.63) is 107 Å². The van der Waals surface area contributed by atoms with Gasteiger partial charge in [-0.1, -0.05) is 66.8 Å². The number of aryl methyl sites for hydroxylation is 2. The Morgan fingerprint density at radius 1 is 1.08 bits per heavy atom. The Bertz CT molecular complexity index is 1660. The Morgan fingerprint density at radius 2 is 1.86 bits per heavy atom. The zero-order chi connectivity index (χ0) is 25.0. The molecule has 1 N–H and O–H groups in total. The van der Waals surface area contributed by atoms with Gasteiger partial charge in [0, 0.05) is 5.39 Å². The number of fused-ring (bicyclic) bond motifs is 2. The number of amides is 1. The van der Waals surface area contributed by atoms with Gasteiger partial charge in [-0.05, 0) is 54.3 Å². The number of aromatic nitrogens is 1. The first kappa shape index (κ1) is 22.2. The highest BCUT2D eigenvalue weighted by atomic mass is 32.1. The van der Waals surface area contributed by atoms with E-state index in [1.807, 2.05) is 67.6 Å². The average molecular weight is 495 g/mol. The number of benzene rings is 3.